The van der Waals surface area contributed by atoms with Crippen LogP contribution in [0, 0.1) is 11.3 Å². The van der Waals surface area contributed by atoms with Crippen molar-refractivity contribution in [2.45, 2.75) is 25.3 Å². The Labute approximate surface area is 78.5 Å². The standard InChI is InChI=1S/C9H15N3O/c1-8(13)11-9(7-10)3-5-12(2)6-4-9/h3-6H2,1-2H3,(H,11,13). The first kappa shape index (κ1) is 10.0. The van der Waals surface area contributed by atoms with Crippen LogP contribution in [0.5, 0.6) is 0 Å². The second-order valence-corrected chi connectivity index (χ2v) is 3.68. The van der Waals surface area contributed by atoms with Crippen LogP contribution in [0.1, 0.15) is 19.8 Å². The van der Waals surface area contributed by atoms with Crippen LogP contribution in [-0.4, -0.2) is 36.5 Å². The average molecular weight is 181 g/mol. The summed E-state index contributed by atoms with van der Waals surface area (Å²) in [4.78, 5) is 13.0. The summed E-state index contributed by atoms with van der Waals surface area (Å²) in [5.41, 5.74) is -0.613. The van der Waals surface area contributed by atoms with Gasteiger partial charge in [-0.25, -0.2) is 0 Å². The molecule has 1 heterocycles. The average Bonchev–Trinajstić information content (AvgIpc) is 2.09. The molecule has 1 aliphatic heterocycles. The minimum Gasteiger partial charge on any atom is -0.338 e. The Morgan fingerprint density at radius 3 is 2.46 bits per heavy atom. The first-order valence-corrected chi connectivity index (χ1v) is 4.46. The molecular weight excluding hydrogens is 166 g/mol. The van der Waals surface area contributed by atoms with E-state index in [1.54, 1.807) is 0 Å². The monoisotopic (exact) mass is 181 g/mol. The van der Waals surface area contributed by atoms with Gasteiger partial charge in [0.1, 0.15) is 5.54 Å². The quantitative estimate of drug-likeness (QED) is 0.624. The van der Waals surface area contributed by atoms with Crippen LogP contribution in [-0.2, 0) is 4.79 Å². The minimum absolute atomic E-state index is 0.119. The molecule has 4 heteroatoms. The summed E-state index contributed by atoms with van der Waals surface area (Å²) in [6.45, 7) is 3.19. The summed E-state index contributed by atoms with van der Waals surface area (Å²) in [7, 11) is 2.02. The first-order valence-electron chi connectivity index (χ1n) is 4.46. The van der Waals surface area contributed by atoms with Crippen molar-refractivity contribution in [1.29, 1.82) is 5.26 Å². The van der Waals surface area contributed by atoms with Crippen molar-refractivity contribution in [3.63, 3.8) is 0 Å². The van der Waals surface area contributed by atoms with Gasteiger partial charge in [-0.2, -0.15) is 5.26 Å². The highest BCUT2D eigenvalue weighted by Crippen LogP contribution is 2.20. The normalized spacial score (nSPS) is 21.9. The largest absolute Gasteiger partial charge is 0.338 e. The van der Waals surface area contributed by atoms with Gasteiger partial charge in [0.15, 0.2) is 0 Å². The molecule has 0 aromatic rings. The molecule has 0 radical (unpaired) electrons. The van der Waals surface area contributed by atoms with Crippen LogP contribution in [0.2, 0.25) is 0 Å². The Kier molecular flexibility index (Phi) is 2.89. The summed E-state index contributed by atoms with van der Waals surface area (Å²) in [5, 5.41) is 11.7. The summed E-state index contributed by atoms with van der Waals surface area (Å²) in [6.07, 6.45) is 1.44. The Bertz CT molecular complexity index is 236. The number of hydrogen-bond donors (Lipinski definition) is 1. The maximum atomic E-state index is 10.9. The van der Waals surface area contributed by atoms with E-state index in [9.17, 15) is 4.79 Å². The number of hydrogen-bond acceptors (Lipinski definition) is 3. The third kappa shape index (κ3) is 2.43. The van der Waals surface area contributed by atoms with E-state index < -0.39 is 5.54 Å². The molecule has 0 aliphatic carbocycles. The molecule has 1 aliphatic rings. The molecule has 0 aromatic carbocycles. The zero-order valence-electron chi connectivity index (χ0n) is 8.13. The summed E-state index contributed by atoms with van der Waals surface area (Å²) < 4.78 is 0. The fourth-order valence-electron chi connectivity index (χ4n) is 1.60. The van der Waals surface area contributed by atoms with Crippen molar-refractivity contribution in [2.75, 3.05) is 20.1 Å². The maximum Gasteiger partial charge on any atom is 0.218 e. The zero-order chi connectivity index (χ0) is 9.90. The molecule has 4 nitrogen and oxygen atoms in total. The maximum absolute atomic E-state index is 10.9. The lowest BCUT2D eigenvalue weighted by Gasteiger charge is -2.35. The topological polar surface area (TPSA) is 56.1 Å². The van der Waals surface area contributed by atoms with Crippen LogP contribution >= 0.6 is 0 Å². The molecule has 0 atom stereocenters. The number of likely N-dealkylation sites (tertiary alicyclic amines) is 1. The highest BCUT2D eigenvalue weighted by atomic mass is 16.1. The van der Waals surface area contributed by atoms with Gasteiger partial charge in [0.25, 0.3) is 0 Å². The smallest absolute Gasteiger partial charge is 0.218 e. The minimum atomic E-state index is -0.613. The van der Waals surface area contributed by atoms with Gasteiger partial charge in [-0.1, -0.05) is 0 Å². The predicted molar refractivity (Wildman–Crippen MR) is 48.9 cm³/mol. The van der Waals surface area contributed by atoms with Gasteiger partial charge in [0.05, 0.1) is 6.07 Å². The van der Waals surface area contributed by atoms with Crippen molar-refractivity contribution in [2.24, 2.45) is 0 Å². The molecule has 0 aromatic heterocycles. The van der Waals surface area contributed by atoms with E-state index in [1.165, 1.54) is 6.92 Å². The van der Waals surface area contributed by atoms with Gasteiger partial charge < -0.3 is 10.2 Å². The SMILES string of the molecule is CC(=O)NC1(C#N)CCN(C)CC1. The van der Waals surface area contributed by atoms with E-state index in [-0.39, 0.29) is 5.91 Å². The van der Waals surface area contributed by atoms with Crippen molar-refractivity contribution in [3.8, 4) is 6.07 Å². The number of nitrogens with one attached hydrogen (secondary N) is 1. The summed E-state index contributed by atoms with van der Waals surface area (Å²) in [5.74, 6) is -0.119. The highest BCUT2D eigenvalue weighted by molar-refractivity contribution is 5.74. The van der Waals surface area contributed by atoms with Crippen molar-refractivity contribution in [3.05, 3.63) is 0 Å². The lowest BCUT2D eigenvalue weighted by Crippen LogP contribution is -2.53. The Morgan fingerprint density at radius 2 is 2.08 bits per heavy atom. The van der Waals surface area contributed by atoms with Crippen molar-refractivity contribution >= 4 is 5.91 Å². The Hall–Kier alpha value is -1.08. The Morgan fingerprint density at radius 1 is 1.54 bits per heavy atom. The molecule has 0 spiro atoms. The van der Waals surface area contributed by atoms with Crippen LogP contribution in [0.3, 0.4) is 0 Å². The van der Waals surface area contributed by atoms with E-state index in [2.05, 4.69) is 16.3 Å². The highest BCUT2D eigenvalue weighted by Gasteiger charge is 2.34. The molecule has 1 N–H and O–H groups in total. The van der Waals surface area contributed by atoms with E-state index in [0.29, 0.717) is 0 Å². The molecule has 72 valence electrons. The molecule has 0 bridgehead atoms. The van der Waals surface area contributed by atoms with Gasteiger partial charge in [0.2, 0.25) is 5.91 Å². The van der Waals surface area contributed by atoms with Gasteiger partial charge >= 0.3 is 0 Å². The van der Waals surface area contributed by atoms with Crippen molar-refractivity contribution < 1.29 is 4.79 Å². The number of amides is 1. The molecule has 1 rings (SSSR count). The number of carbonyl (C=O) groups excluding carboxylic acids is 1. The Balaban J connectivity index is 2.62. The molecule has 1 saturated heterocycles. The van der Waals surface area contributed by atoms with Crippen LogP contribution < -0.4 is 5.32 Å². The van der Waals surface area contributed by atoms with Gasteiger partial charge in [0, 0.05) is 20.0 Å². The second-order valence-electron chi connectivity index (χ2n) is 3.68. The molecular formula is C9H15N3O. The van der Waals surface area contributed by atoms with Crippen LogP contribution in [0.4, 0.5) is 0 Å². The van der Waals surface area contributed by atoms with Crippen LogP contribution in [0.25, 0.3) is 0 Å². The summed E-state index contributed by atoms with van der Waals surface area (Å²) in [6, 6.07) is 2.21. The predicted octanol–water partition coefficient (Wildman–Crippen LogP) is 0.110. The summed E-state index contributed by atoms with van der Waals surface area (Å²) >= 11 is 0. The number of nitriles is 1. The number of piperidine rings is 1. The fraction of sp³-hybridized carbons (Fsp3) is 0.778. The lowest BCUT2D eigenvalue weighted by molar-refractivity contribution is -0.120. The number of rotatable bonds is 1. The molecule has 13 heavy (non-hydrogen) atoms. The second kappa shape index (κ2) is 3.75. The molecule has 0 saturated carbocycles. The van der Waals surface area contributed by atoms with E-state index in [4.69, 9.17) is 5.26 Å². The van der Waals surface area contributed by atoms with E-state index >= 15 is 0 Å². The van der Waals surface area contributed by atoms with E-state index in [0.717, 1.165) is 25.9 Å². The van der Waals surface area contributed by atoms with Gasteiger partial charge in [-0.3, -0.25) is 4.79 Å². The van der Waals surface area contributed by atoms with Gasteiger partial charge in [-0.15, -0.1) is 0 Å². The number of carbonyl (C=O) groups is 1. The van der Waals surface area contributed by atoms with Crippen LogP contribution in [0.15, 0.2) is 0 Å². The van der Waals surface area contributed by atoms with Crippen molar-refractivity contribution in [1.82, 2.24) is 10.2 Å². The van der Waals surface area contributed by atoms with Gasteiger partial charge in [-0.05, 0) is 19.9 Å². The molecule has 1 fully saturated rings. The third-order valence-corrected chi connectivity index (χ3v) is 2.47. The molecule has 1 amide bonds. The van der Waals surface area contributed by atoms with E-state index in [1.807, 2.05) is 7.05 Å². The fourth-order valence-corrected chi connectivity index (χ4v) is 1.60. The lowest BCUT2D eigenvalue weighted by atomic mass is 9.89. The zero-order valence-corrected chi connectivity index (χ0v) is 8.13. The molecule has 0 unspecified atom stereocenters. The third-order valence-electron chi connectivity index (χ3n) is 2.47. The number of nitrogens with zero attached hydrogens (tertiary/aromatic N) is 2. The first-order chi connectivity index (χ1) is 6.08.